The number of aliphatic carboxylic acids is 1. The van der Waals surface area contributed by atoms with Gasteiger partial charge in [0.25, 0.3) is 0 Å². The minimum Gasteiger partial charge on any atom is -0.481 e. The van der Waals surface area contributed by atoms with Crippen molar-refractivity contribution in [2.75, 3.05) is 6.54 Å². The first-order valence-corrected chi connectivity index (χ1v) is 17.6. The van der Waals surface area contributed by atoms with E-state index in [-0.39, 0.29) is 39.1 Å². The first-order valence-electron chi connectivity index (χ1n) is 17.6. The molecule has 43 heavy (non-hydrogen) atoms. The summed E-state index contributed by atoms with van der Waals surface area (Å²) in [5.74, 6) is 0.604. The normalized spacial score (nSPS) is 45.9. The number of nitrogens with one attached hydrogen (secondary N) is 1. The molecule has 1 aromatic carbocycles. The van der Waals surface area contributed by atoms with Gasteiger partial charge in [0, 0.05) is 18.0 Å². The van der Waals surface area contributed by atoms with Crippen LogP contribution in [0.4, 0.5) is 0 Å². The molecule has 1 aromatic rings. The molecule has 0 aliphatic heterocycles. The van der Waals surface area contributed by atoms with Crippen LogP contribution in [0.3, 0.4) is 0 Å². The highest BCUT2D eigenvalue weighted by Gasteiger charge is 2.69. The lowest BCUT2D eigenvalue weighted by molar-refractivity contribution is -0.208. The van der Waals surface area contributed by atoms with Gasteiger partial charge in [-0.1, -0.05) is 90.4 Å². The molecule has 6 rings (SSSR count). The Hall–Kier alpha value is -1.65. The van der Waals surface area contributed by atoms with Crippen molar-refractivity contribution in [3.63, 3.8) is 0 Å². The maximum absolute atomic E-state index is 13.0. The molecule has 0 amide bonds. The zero-order chi connectivity index (χ0) is 31.1. The molecule has 0 spiro atoms. The van der Waals surface area contributed by atoms with Crippen LogP contribution in [0, 0.1) is 50.2 Å². The molecule has 10 atom stereocenters. The fraction of sp³-hybridized carbons (Fsp3) is 0.769. The van der Waals surface area contributed by atoms with Crippen LogP contribution in [-0.2, 0) is 4.79 Å². The molecular formula is C39H59NO3. The minimum atomic E-state index is -0.584. The second kappa shape index (κ2) is 10.4. The highest BCUT2D eigenvalue weighted by atomic mass is 16.4. The Morgan fingerprint density at radius 2 is 1.63 bits per heavy atom. The molecule has 0 saturated heterocycles. The van der Waals surface area contributed by atoms with Crippen LogP contribution in [0.1, 0.15) is 131 Å². The lowest BCUT2D eigenvalue weighted by Gasteiger charge is -2.71. The highest BCUT2D eigenvalue weighted by Crippen LogP contribution is 2.75. The molecule has 5 aliphatic carbocycles. The summed E-state index contributed by atoms with van der Waals surface area (Å²) in [6, 6.07) is 11.1. The number of hydrogen-bond donors (Lipinski definition) is 3. The smallest absolute Gasteiger partial charge is 0.310 e. The first-order chi connectivity index (χ1) is 20.2. The quantitative estimate of drug-likeness (QED) is 0.290. The summed E-state index contributed by atoms with van der Waals surface area (Å²) < 4.78 is 0. The minimum absolute atomic E-state index is 0.0340. The zero-order valence-corrected chi connectivity index (χ0v) is 28.1. The second-order valence-corrected chi connectivity index (χ2v) is 17.5. The van der Waals surface area contributed by atoms with Crippen molar-refractivity contribution in [2.45, 2.75) is 131 Å². The SMILES string of the molecule is CCC(NCC1(C)C(O)CCC2(C)C1CCC1(C)C2CC=C2C3CC(C)(C)CCC3(C(=O)O)CCC21C)c1ccccc1. The second-order valence-electron chi connectivity index (χ2n) is 17.5. The Bertz CT molecular complexity index is 1260. The number of carbonyl (C=O) groups is 1. The number of allylic oxidation sites excluding steroid dienone is 2. The maximum Gasteiger partial charge on any atom is 0.310 e. The Kier molecular flexibility index (Phi) is 7.61. The summed E-state index contributed by atoms with van der Waals surface area (Å²) in [6.07, 6.45) is 13.3. The predicted molar refractivity (Wildman–Crippen MR) is 174 cm³/mol. The van der Waals surface area contributed by atoms with Gasteiger partial charge < -0.3 is 15.5 Å². The van der Waals surface area contributed by atoms with Crippen molar-refractivity contribution in [1.29, 1.82) is 0 Å². The molecular weight excluding hydrogens is 530 g/mol. The molecule has 10 unspecified atom stereocenters. The van der Waals surface area contributed by atoms with Crippen molar-refractivity contribution < 1.29 is 15.0 Å². The number of hydrogen-bond acceptors (Lipinski definition) is 3. The Morgan fingerprint density at radius 3 is 2.30 bits per heavy atom. The predicted octanol–water partition coefficient (Wildman–Crippen LogP) is 8.95. The summed E-state index contributed by atoms with van der Waals surface area (Å²) >= 11 is 0. The summed E-state index contributed by atoms with van der Waals surface area (Å²) in [7, 11) is 0. The van der Waals surface area contributed by atoms with E-state index in [0.717, 1.165) is 70.8 Å². The van der Waals surface area contributed by atoms with Gasteiger partial charge in [-0.05, 0) is 116 Å². The molecule has 5 aliphatic rings. The molecule has 0 aromatic heterocycles. The van der Waals surface area contributed by atoms with Crippen molar-refractivity contribution >= 4 is 5.97 Å². The molecule has 0 radical (unpaired) electrons. The topological polar surface area (TPSA) is 69.6 Å². The van der Waals surface area contributed by atoms with Gasteiger partial charge in [0.15, 0.2) is 0 Å². The van der Waals surface area contributed by atoms with Crippen LogP contribution in [0.5, 0.6) is 0 Å². The van der Waals surface area contributed by atoms with Gasteiger partial charge in [0.05, 0.1) is 11.5 Å². The Balaban J connectivity index is 1.33. The van der Waals surface area contributed by atoms with E-state index in [4.69, 9.17) is 0 Å². The molecule has 0 bridgehead atoms. The molecule has 4 saturated carbocycles. The summed E-state index contributed by atoms with van der Waals surface area (Å²) in [4.78, 5) is 13.0. The molecule has 3 N–H and O–H groups in total. The number of carboxylic acid groups (broad SMARTS) is 1. The van der Waals surface area contributed by atoms with Gasteiger partial charge in [-0.3, -0.25) is 4.79 Å². The van der Waals surface area contributed by atoms with Crippen molar-refractivity contribution in [3.05, 3.63) is 47.5 Å². The highest BCUT2D eigenvalue weighted by molar-refractivity contribution is 5.76. The third-order valence-corrected chi connectivity index (χ3v) is 15.2. The third kappa shape index (κ3) is 4.46. The molecule has 0 heterocycles. The van der Waals surface area contributed by atoms with Crippen LogP contribution < -0.4 is 5.32 Å². The van der Waals surface area contributed by atoms with Crippen LogP contribution >= 0.6 is 0 Å². The van der Waals surface area contributed by atoms with Gasteiger partial charge >= 0.3 is 5.97 Å². The average Bonchev–Trinajstić information content (AvgIpc) is 2.96. The van der Waals surface area contributed by atoms with E-state index in [1.165, 1.54) is 17.6 Å². The number of fused-ring (bicyclic) bond motifs is 7. The van der Waals surface area contributed by atoms with E-state index in [1.807, 2.05) is 0 Å². The Morgan fingerprint density at radius 1 is 0.930 bits per heavy atom. The van der Waals surface area contributed by atoms with Crippen LogP contribution in [0.25, 0.3) is 0 Å². The van der Waals surface area contributed by atoms with E-state index in [9.17, 15) is 15.0 Å². The van der Waals surface area contributed by atoms with Crippen LogP contribution in [-0.4, -0.2) is 28.8 Å². The summed E-state index contributed by atoms with van der Waals surface area (Å²) in [5.41, 5.74) is 2.58. The number of rotatable bonds is 6. The van der Waals surface area contributed by atoms with Crippen LogP contribution in [0.2, 0.25) is 0 Å². The number of aliphatic hydroxyl groups is 1. The summed E-state index contributed by atoms with van der Waals surface area (Å²) in [6.45, 7) is 17.9. The molecule has 238 valence electrons. The summed E-state index contributed by atoms with van der Waals surface area (Å²) in [5, 5.41) is 26.3. The van der Waals surface area contributed by atoms with E-state index in [0.29, 0.717) is 17.9 Å². The molecule has 4 heteroatoms. The van der Waals surface area contributed by atoms with Crippen LogP contribution in [0.15, 0.2) is 42.0 Å². The maximum atomic E-state index is 13.0. The Labute approximate surface area is 261 Å². The largest absolute Gasteiger partial charge is 0.481 e. The van der Waals surface area contributed by atoms with Gasteiger partial charge in [-0.15, -0.1) is 0 Å². The van der Waals surface area contributed by atoms with Gasteiger partial charge in [-0.2, -0.15) is 0 Å². The number of benzene rings is 1. The van der Waals surface area contributed by atoms with Crippen molar-refractivity contribution in [3.8, 4) is 0 Å². The molecule has 4 fully saturated rings. The fourth-order valence-electron chi connectivity index (χ4n) is 12.2. The number of carboxylic acids is 1. The lowest BCUT2D eigenvalue weighted by Crippen LogP contribution is -2.66. The van der Waals surface area contributed by atoms with E-state index >= 15 is 0 Å². The van der Waals surface area contributed by atoms with E-state index in [1.54, 1.807) is 0 Å². The van der Waals surface area contributed by atoms with Crippen molar-refractivity contribution in [2.24, 2.45) is 50.2 Å². The van der Waals surface area contributed by atoms with E-state index in [2.05, 4.69) is 90.2 Å². The molecule has 4 nitrogen and oxygen atoms in total. The fourth-order valence-corrected chi connectivity index (χ4v) is 12.2. The van der Waals surface area contributed by atoms with E-state index < -0.39 is 11.4 Å². The van der Waals surface area contributed by atoms with Gasteiger partial charge in [0.1, 0.15) is 0 Å². The van der Waals surface area contributed by atoms with Gasteiger partial charge in [-0.25, -0.2) is 0 Å². The zero-order valence-electron chi connectivity index (χ0n) is 28.1. The lowest BCUT2D eigenvalue weighted by atomic mass is 9.33. The average molecular weight is 590 g/mol. The van der Waals surface area contributed by atoms with Gasteiger partial charge in [0.2, 0.25) is 0 Å². The number of aliphatic hydroxyl groups excluding tert-OH is 1. The monoisotopic (exact) mass is 589 g/mol. The third-order valence-electron chi connectivity index (χ3n) is 15.2. The standard InChI is InChI=1S/C39H59NO3/c1-8-29(26-12-10-9-11-13-26)40-25-36(5)30-16-19-38(7)31(35(30,4)18-17-32(36)41)15-14-27-28-24-34(2,3)20-22-39(28,33(42)43)23-21-37(27,38)6/h9-14,28-32,40-41H,8,15-25H2,1-7H3,(H,42,43). The first kappa shape index (κ1) is 31.3. The van der Waals surface area contributed by atoms with Crippen molar-refractivity contribution in [1.82, 2.24) is 5.32 Å².